The molecule has 1 atom stereocenters. The second-order valence-corrected chi connectivity index (χ2v) is 9.79. The number of pyridine rings is 1. The average molecular weight is 489 g/mol. The van der Waals surface area contributed by atoms with E-state index in [1.54, 1.807) is 0 Å². The number of sulfonamides is 1. The maximum absolute atomic E-state index is 13.1. The Kier molecular flexibility index (Phi) is 6.96. The van der Waals surface area contributed by atoms with Crippen molar-refractivity contribution in [1.29, 1.82) is 0 Å². The van der Waals surface area contributed by atoms with E-state index in [4.69, 9.17) is 4.74 Å². The minimum Gasteiger partial charge on any atom is -0.376 e. The molecule has 0 bridgehead atoms. The Morgan fingerprint density at radius 2 is 1.97 bits per heavy atom. The molecule has 0 aliphatic carbocycles. The van der Waals surface area contributed by atoms with Gasteiger partial charge >= 0.3 is 0 Å². The number of nitrogens with zero attached hydrogens (tertiary/aromatic N) is 1. The molecule has 180 valence electrons. The van der Waals surface area contributed by atoms with Crippen molar-refractivity contribution in [3.8, 4) is 0 Å². The maximum atomic E-state index is 13.1. The van der Waals surface area contributed by atoms with Crippen LogP contribution in [0.25, 0.3) is 10.9 Å². The summed E-state index contributed by atoms with van der Waals surface area (Å²) in [4.78, 5) is 29.7. The molecule has 34 heavy (non-hydrogen) atoms. The molecule has 11 heteroatoms. The first-order valence-corrected chi connectivity index (χ1v) is 12.3. The Morgan fingerprint density at radius 3 is 2.71 bits per heavy atom. The number of hydrogen-bond acceptors (Lipinski definition) is 6. The number of rotatable bonds is 7. The fourth-order valence-electron chi connectivity index (χ4n) is 3.84. The molecule has 0 radical (unpaired) electrons. The third-order valence-electron chi connectivity index (χ3n) is 5.50. The zero-order valence-corrected chi connectivity index (χ0v) is 19.3. The van der Waals surface area contributed by atoms with Gasteiger partial charge in [-0.05, 0) is 49.4 Å². The van der Waals surface area contributed by atoms with Gasteiger partial charge in [0.15, 0.2) is 0 Å². The summed E-state index contributed by atoms with van der Waals surface area (Å²) in [7, 11) is -4.02. The van der Waals surface area contributed by atoms with Gasteiger partial charge in [0, 0.05) is 48.8 Å². The van der Waals surface area contributed by atoms with E-state index in [0.29, 0.717) is 30.6 Å². The minimum absolute atomic E-state index is 0.0768. The van der Waals surface area contributed by atoms with Crippen molar-refractivity contribution in [3.63, 3.8) is 0 Å². The number of nitrogens with one attached hydrogen (secondary N) is 3. The molecule has 1 aliphatic heterocycles. The first-order chi connectivity index (χ1) is 16.2. The number of benzene rings is 2. The summed E-state index contributed by atoms with van der Waals surface area (Å²) in [5.74, 6) is -0.963. The molecule has 3 aromatic rings. The molecule has 2 aromatic carbocycles. The number of amides is 1. The molecule has 3 N–H and O–H groups in total. The topological polar surface area (TPSA) is 121 Å². The highest BCUT2D eigenvalue weighted by molar-refractivity contribution is 7.92. The number of carbonyl (C=O) groups excluding carboxylic acids is 1. The van der Waals surface area contributed by atoms with E-state index in [1.807, 2.05) is 6.92 Å². The number of H-pyrrole nitrogens is 1. The maximum Gasteiger partial charge on any atom is 0.261 e. The Balaban J connectivity index is 1.55. The van der Waals surface area contributed by atoms with Crippen LogP contribution in [-0.2, 0) is 14.8 Å². The molecular weight excluding hydrogens is 463 g/mol. The van der Waals surface area contributed by atoms with Gasteiger partial charge in [-0.2, -0.15) is 0 Å². The Morgan fingerprint density at radius 1 is 1.21 bits per heavy atom. The smallest absolute Gasteiger partial charge is 0.261 e. The Labute approximate surface area is 196 Å². The molecule has 1 amide bonds. The summed E-state index contributed by atoms with van der Waals surface area (Å²) in [6, 6.07) is 10.1. The predicted octanol–water partition coefficient (Wildman–Crippen LogP) is 1.92. The first-order valence-electron chi connectivity index (χ1n) is 10.8. The fourth-order valence-corrected chi connectivity index (χ4v) is 4.92. The monoisotopic (exact) mass is 488 g/mol. The van der Waals surface area contributed by atoms with Crippen molar-refractivity contribution in [3.05, 3.63) is 70.3 Å². The lowest BCUT2D eigenvalue weighted by Crippen LogP contribution is -2.44. The molecule has 9 nitrogen and oxygen atoms in total. The normalized spacial score (nSPS) is 16.9. The van der Waals surface area contributed by atoms with Crippen LogP contribution in [0.15, 0.2) is 58.2 Å². The summed E-state index contributed by atoms with van der Waals surface area (Å²) in [5.41, 5.74) is 0.131. The van der Waals surface area contributed by atoms with Crippen LogP contribution in [-0.4, -0.2) is 63.1 Å². The molecule has 4 rings (SSSR count). The molecule has 2 heterocycles. The molecule has 1 aliphatic rings. The van der Waals surface area contributed by atoms with Crippen molar-refractivity contribution >= 4 is 32.5 Å². The summed E-state index contributed by atoms with van der Waals surface area (Å²) in [6.45, 7) is 5.16. The van der Waals surface area contributed by atoms with Crippen molar-refractivity contribution < 1.29 is 22.3 Å². The van der Waals surface area contributed by atoms with Gasteiger partial charge in [0.1, 0.15) is 5.82 Å². The van der Waals surface area contributed by atoms with Crippen molar-refractivity contribution in [2.45, 2.75) is 17.9 Å². The summed E-state index contributed by atoms with van der Waals surface area (Å²) in [6.07, 6.45) is 0.130. The van der Waals surface area contributed by atoms with Crippen LogP contribution in [0.2, 0.25) is 0 Å². The van der Waals surface area contributed by atoms with E-state index in [2.05, 4.69) is 19.9 Å². The molecular formula is C23H25FN4O5S. The van der Waals surface area contributed by atoms with E-state index in [-0.39, 0.29) is 22.3 Å². The van der Waals surface area contributed by atoms with Crippen LogP contribution in [0.4, 0.5) is 10.1 Å². The number of carbonyl (C=O) groups is 1. The fraction of sp³-hybridized carbons (Fsp3) is 0.304. The number of anilines is 1. The molecule has 1 aromatic heterocycles. The van der Waals surface area contributed by atoms with E-state index < -0.39 is 27.3 Å². The third-order valence-corrected chi connectivity index (χ3v) is 6.88. The van der Waals surface area contributed by atoms with Crippen LogP contribution >= 0.6 is 0 Å². The number of ether oxygens (including phenoxy) is 1. The highest BCUT2D eigenvalue weighted by atomic mass is 32.2. The number of hydrogen-bond donors (Lipinski definition) is 3. The average Bonchev–Trinajstić information content (AvgIpc) is 2.79. The first kappa shape index (κ1) is 23.9. The zero-order valence-electron chi connectivity index (χ0n) is 18.5. The highest BCUT2D eigenvalue weighted by Gasteiger charge is 2.19. The second kappa shape index (κ2) is 9.92. The van der Waals surface area contributed by atoms with Crippen LogP contribution < -0.4 is 15.6 Å². The van der Waals surface area contributed by atoms with Gasteiger partial charge in [-0.25, -0.2) is 12.8 Å². The highest BCUT2D eigenvalue weighted by Crippen LogP contribution is 2.22. The van der Waals surface area contributed by atoms with Crippen molar-refractivity contribution in [2.24, 2.45) is 0 Å². The number of aromatic nitrogens is 1. The number of aromatic amines is 1. The van der Waals surface area contributed by atoms with Crippen molar-refractivity contribution in [1.82, 2.24) is 15.2 Å². The zero-order chi connectivity index (χ0) is 24.3. The Bertz CT molecular complexity index is 1360. The summed E-state index contributed by atoms with van der Waals surface area (Å²) < 4.78 is 46.7. The van der Waals surface area contributed by atoms with Crippen LogP contribution in [0.1, 0.15) is 17.3 Å². The standard InChI is InChI=1S/C23H25FN4O5S/c1-15-14-28(10-11-33-15)9-8-25-23(30)20-13-22(29)26-21-7-6-18(12-19(20)21)34(31,32)27-17-4-2-16(24)3-5-17/h2-7,12-13,15,27H,8-11,14H2,1H3,(H,25,30)(H,26,29). The van der Waals surface area contributed by atoms with E-state index >= 15 is 0 Å². The SMILES string of the molecule is CC1CN(CCNC(=O)c2cc(=O)[nH]c3ccc(S(=O)(=O)Nc4ccc(F)cc4)cc23)CCO1. The quantitative estimate of drug-likeness (QED) is 0.467. The summed E-state index contributed by atoms with van der Waals surface area (Å²) >= 11 is 0. The van der Waals surface area contributed by atoms with Crippen LogP contribution in [0, 0.1) is 5.82 Å². The van der Waals surface area contributed by atoms with Crippen LogP contribution in [0.5, 0.6) is 0 Å². The predicted molar refractivity (Wildman–Crippen MR) is 126 cm³/mol. The number of fused-ring (bicyclic) bond motifs is 1. The molecule has 1 fully saturated rings. The van der Waals surface area contributed by atoms with Crippen molar-refractivity contribution in [2.75, 3.05) is 37.5 Å². The largest absolute Gasteiger partial charge is 0.376 e. The lowest BCUT2D eigenvalue weighted by Gasteiger charge is -2.30. The van der Waals surface area contributed by atoms with E-state index in [0.717, 1.165) is 31.3 Å². The van der Waals surface area contributed by atoms with Gasteiger partial charge in [0.25, 0.3) is 15.9 Å². The Hall–Kier alpha value is -3.28. The van der Waals surface area contributed by atoms with Gasteiger partial charge in [0.2, 0.25) is 5.56 Å². The number of halogens is 1. The van der Waals surface area contributed by atoms with E-state index in [1.165, 1.54) is 30.3 Å². The lowest BCUT2D eigenvalue weighted by molar-refractivity contribution is -0.0175. The van der Waals surface area contributed by atoms with E-state index in [9.17, 15) is 22.4 Å². The van der Waals surface area contributed by atoms with Crippen LogP contribution in [0.3, 0.4) is 0 Å². The van der Waals surface area contributed by atoms with Gasteiger partial charge in [-0.3, -0.25) is 19.2 Å². The number of morpholine rings is 1. The second-order valence-electron chi connectivity index (χ2n) is 8.10. The van der Waals surface area contributed by atoms with Gasteiger partial charge in [-0.1, -0.05) is 0 Å². The van der Waals surface area contributed by atoms with Gasteiger partial charge in [-0.15, -0.1) is 0 Å². The molecule has 1 saturated heterocycles. The molecule has 1 unspecified atom stereocenters. The minimum atomic E-state index is -4.02. The molecule has 0 spiro atoms. The van der Waals surface area contributed by atoms with Gasteiger partial charge in [0.05, 0.1) is 23.2 Å². The van der Waals surface area contributed by atoms with Gasteiger partial charge < -0.3 is 15.0 Å². The lowest BCUT2D eigenvalue weighted by atomic mass is 10.1. The molecule has 0 saturated carbocycles. The third kappa shape index (κ3) is 5.61. The summed E-state index contributed by atoms with van der Waals surface area (Å²) in [5, 5.41) is 3.10.